The first kappa shape index (κ1) is 19.4. The van der Waals surface area contributed by atoms with Crippen LogP contribution in [0.5, 0.6) is 0 Å². The second-order valence-corrected chi connectivity index (χ2v) is 8.65. The van der Waals surface area contributed by atoms with Gasteiger partial charge in [-0.25, -0.2) is 0 Å². The van der Waals surface area contributed by atoms with Gasteiger partial charge in [0.15, 0.2) is 5.78 Å². The second-order valence-electron chi connectivity index (χ2n) is 7.56. The fraction of sp³-hybridized carbons (Fsp3) is 0.115. The summed E-state index contributed by atoms with van der Waals surface area (Å²) in [4.78, 5) is 29.9. The zero-order valence-corrected chi connectivity index (χ0v) is 17.8. The predicted molar refractivity (Wildman–Crippen MR) is 126 cm³/mol. The number of carbonyl (C=O) groups is 2. The number of thiophene rings is 1. The summed E-state index contributed by atoms with van der Waals surface area (Å²) in [5.41, 5.74) is 5.61. The standard InChI is InChI=1S/C26H20N2O2S/c1-27-26(30)25-21-11-10-18(13-20(21)15-28-25)17-8-6-16(7-9-17)12-22(29)24-14-19-4-2-3-5-23(19)31-24/h2-11,13-14H,12,15H2,1H3,(H,27,30). The second kappa shape index (κ2) is 7.93. The number of likely N-dealkylation sites (N-methyl/N-ethyl adjacent to an activating group) is 1. The highest BCUT2D eigenvalue weighted by Gasteiger charge is 2.21. The fourth-order valence-corrected chi connectivity index (χ4v) is 4.90. The molecule has 0 fully saturated rings. The van der Waals surface area contributed by atoms with Crippen LogP contribution in [0, 0.1) is 0 Å². The summed E-state index contributed by atoms with van der Waals surface area (Å²) in [6, 6.07) is 24.2. The highest BCUT2D eigenvalue weighted by Crippen LogP contribution is 2.28. The highest BCUT2D eigenvalue weighted by molar-refractivity contribution is 7.20. The van der Waals surface area contributed by atoms with Crippen molar-refractivity contribution in [3.63, 3.8) is 0 Å². The van der Waals surface area contributed by atoms with Crippen LogP contribution in [-0.4, -0.2) is 24.4 Å². The van der Waals surface area contributed by atoms with Crippen LogP contribution in [0.15, 0.2) is 77.8 Å². The number of ketones is 1. The molecule has 1 aliphatic heterocycles. The van der Waals surface area contributed by atoms with Gasteiger partial charge in [0.25, 0.3) is 5.91 Å². The van der Waals surface area contributed by atoms with E-state index in [9.17, 15) is 9.59 Å². The minimum atomic E-state index is -0.154. The minimum Gasteiger partial charge on any atom is -0.354 e. The van der Waals surface area contributed by atoms with E-state index in [0.29, 0.717) is 18.7 Å². The Morgan fingerprint density at radius 3 is 2.52 bits per heavy atom. The van der Waals surface area contributed by atoms with Gasteiger partial charge in [0.1, 0.15) is 5.71 Å². The third kappa shape index (κ3) is 3.68. The maximum atomic E-state index is 12.7. The molecule has 0 bridgehead atoms. The lowest BCUT2D eigenvalue weighted by Gasteiger charge is -2.07. The molecule has 1 N–H and O–H groups in total. The lowest BCUT2D eigenvalue weighted by atomic mass is 9.97. The molecule has 0 atom stereocenters. The Morgan fingerprint density at radius 2 is 1.74 bits per heavy atom. The molecule has 4 aromatic rings. The molecule has 5 heteroatoms. The van der Waals surface area contributed by atoms with Crippen LogP contribution in [0.3, 0.4) is 0 Å². The summed E-state index contributed by atoms with van der Waals surface area (Å²) in [5.74, 6) is -0.00971. The molecule has 5 rings (SSSR count). The number of carbonyl (C=O) groups excluding carboxylic acids is 2. The fourth-order valence-electron chi connectivity index (χ4n) is 3.90. The van der Waals surface area contributed by atoms with Crippen LogP contribution in [0.1, 0.15) is 26.4 Å². The van der Waals surface area contributed by atoms with Gasteiger partial charge >= 0.3 is 0 Å². The van der Waals surface area contributed by atoms with Crippen LogP contribution in [-0.2, 0) is 17.8 Å². The van der Waals surface area contributed by atoms with E-state index >= 15 is 0 Å². The number of rotatable bonds is 5. The van der Waals surface area contributed by atoms with Gasteiger partial charge in [0.2, 0.25) is 0 Å². The molecular formula is C26H20N2O2S. The molecule has 1 aliphatic rings. The molecule has 0 radical (unpaired) electrons. The van der Waals surface area contributed by atoms with E-state index in [-0.39, 0.29) is 11.7 Å². The van der Waals surface area contributed by atoms with Crippen molar-refractivity contribution >= 4 is 38.8 Å². The van der Waals surface area contributed by atoms with Crippen molar-refractivity contribution < 1.29 is 9.59 Å². The first-order valence-electron chi connectivity index (χ1n) is 10.1. The van der Waals surface area contributed by atoms with Crippen LogP contribution in [0.4, 0.5) is 0 Å². The average Bonchev–Trinajstić information content (AvgIpc) is 3.43. The number of hydrogen-bond donors (Lipinski definition) is 1. The van der Waals surface area contributed by atoms with Crippen molar-refractivity contribution in [3.05, 3.63) is 94.4 Å². The molecule has 0 saturated heterocycles. The summed E-state index contributed by atoms with van der Waals surface area (Å²) in [6.07, 6.45) is 0.390. The Kier molecular flexibility index (Phi) is 4.96. The van der Waals surface area contributed by atoms with Gasteiger partial charge in [-0.2, -0.15) is 0 Å². The van der Waals surface area contributed by atoms with Gasteiger partial charge in [0, 0.05) is 23.7 Å². The first-order valence-corrected chi connectivity index (χ1v) is 10.9. The van der Waals surface area contributed by atoms with Crippen molar-refractivity contribution in [2.24, 2.45) is 4.99 Å². The largest absolute Gasteiger partial charge is 0.354 e. The molecule has 1 amide bonds. The number of amides is 1. The smallest absolute Gasteiger partial charge is 0.269 e. The van der Waals surface area contributed by atoms with Gasteiger partial charge in [-0.05, 0) is 45.8 Å². The Balaban J connectivity index is 1.32. The van der Waals surface area contributed by atoms with Crippen LogP contribution >= 0.6 is 11.3 Å². The SMILES string of the molecule is CNC(=O)C1=NCc2cc(-c3ccc(CC(=O)c4cc5ccccc5s4)cc3)ccc21. The molecule has 0 saturated carbocycles. The molecule has 1 aromatic heterocycles. The first-order chi connectivity index (χ1) is 15.1. The topological polar surface area (TPSA) is 58.5 Å². The molecule has 2 heterocycles. The Labute approximate surface area is 184 Å². The van der Waals surface area contributed by atoms with E-state index in [2.05, 4.69) is 16.4 Å². The zero-order valence-electron chi connectivity index (χ0n) is 17.0. The van der Waals surface area contributed by atoms with Gasteiger partial charge in [-0.1, -0.05) is 54.6 Å². The van der Waals surface area contributed by atoms with Crippen molar-refractivity contribution in [1.82, 2.24) is 5.32 Å². The number of nitrogens with zero attached hydrogens (tertiary/aromatic N) is 1. The van der Waals surface area contributed by atoms with E-state index in [0.717, 1.165) is 42.8 Å². The lowest BCUT2D eigenvalue weighted by molar-refractivity contribution is -0.114. The van der Waals surface area contributed by atoms with E-state index < -0.39 is 0 Å². The quantitative estimate of drug-likeness (QED) is 0.456. The maximum Gasteiger partial charge on any atom is 0.269 e. The highest BCUT2D eigenvalue weighted by atomic mass is 32.1. The Bertz CT molecular complexity index is 1320. The van der Waals surface area contributed by atoms with E-state index in [1.54, 1.807) is 18.4 Å². The lowest BCUT2D eigenvalue weighted by Crippen LogP contribution is -2.27. The molecule has 0 unspecified atom stereocenters. The molecule has 31 heavy (non-hydrogen) atoms. The number of nitrogens with one attached hydrogen (secondary N) is 1. The third-order valence-electron chi connectivity index (χ3n) is 5.56. The molecular weight excluding hydrogens is 404 g/mol. The number of fused-ring (bicyclic) bond motifs is 2. The van der Waals surface area contributed by atoms with Crippen LogP contribution < -0.4 is 5.32 Å². The Morgan fingerprint density at radius 1 is 0.968 bits per heavy atom. The van der Waals surface area contributed by atoms with Crippen molar-refractivity contribution in [3.8, 4) is 11.1 Å². The van der Waals surface area contributed by atoms with Gasteiger partial charge in [-0.3, -0.25) is 14.6 Å². The molecule has 0 aliphatic carbocycles. The van der Waals surface area contributed by atoms with E-state index in [4.69, 9.17) is 0 Å². The van der Waals surface area contributed by atoms with E-state index in [1.165, 1.54) is 0 Å². The monoisotopic (exact) mass is 424 g/mol. The van der Waals surface area contributed by atoms with E-state index in [1.807, 2.05) is 66.7 Å². The van der Waals surface area contributed by atoms with Gasteiger partial charge in [-0.15, -0.1) is 11.3 Å². The summed E-state index contributed by atoms with van der Waals surface area (Å²) in [5, 5.41) is 3.76. The summed E-state index contributed by atoms with van der Waals surface area (Å²) in [7, 11) is 1.62. The van der Waals surface area contributed by atoms with Crippen LogP contribution in [0.25, 0.3) is 21.2 Å². The third-order valence-corrected chi connectivity index (χ3v) is 6.72. The Hall–Kier alpha value is -3.57. The summed E-state index contributed by atoms with van der Waals surface area (Å²) in [6.45, 7) is 0.522. The molecule has 3 aromatic carbocycles. The predicted octanol–water partition coefficient (Wildman–Crippen LogP) is 5.04. The van der Waals surface area contributed by atoms with Crippen molar-refractivity contribution in [1.29, 1.82) is 0 Å². The summed E-state index contributed by atoms with van der Waals surface area (Å²) < 4.78 is 1.14. The molecule has 4 nitrogen and oxygen atoms in total. The molecule has 0 spiro atoms. The zero-order chi connectivity index (χ0) is 21.4. The normalized spacial score (nSPS) is 12.5. The number of hydrogen-bond acceptors (Lipinski definition) is 4. The number of Topliss-reactive ketones (excluding diaryl/α,β-unsaturated/α-hetero) is 1. The number of aliphatic imine (C=N–C) groups is 1. The van der Waals surface area contributed by atoms with Gasteiger partial charge < -0.3 is 5.32 Å². The average molecular weight is 425 g/mol. The molecule has 152 valence electrons. The number of benzene rings is 3. The minimum absolute atomic E-state index is 0.144. The summed E-state index contributed by atoms with van der Waals surface area (Å²) >= 11 is 1.55. The van der Waals surface area contributed by atoms with Gasteiger partial charge in [0.05, 0.1) is 11.4 Å². The van der Waals surface area contributed by atoms with Crippen molar-refractivity contribution in [2.75, 3.05) is 7.05 Å². The van der Waals surface area contributed by atoms with Crippen LogP contribution in [0.2, 0.25) is 0 Å². The van der Waals surface area contributed by atoms with Crippen molar-refractivity contribution in [2.45, 2.75) is 13.0 Å². The maximum absolute atomic E-state index is 12.7.